The first-order valence-electron chi connectivity index (χ1n) is 6.49. The van der Waals surface area contributed by atoms with Gasteiger partial charge in [-0.2, -0.15) is 0 Å². The lowest BCUT2D eigenvalue weighted by Crippen LogP contribution is -2.19. The monoisotopic (exact) mass is 270 g/mol. The van der Waals surface area contributed by atoms with Crippen LogP contribution in [0.1, 0.15) is 17.1 Å². The zero-order valence-electron chi connectivity index (χ0n) is 11.7. The molecule has 0 unspecified atom stereocenters. The Kier molecular flexibility index (Phi) is 4.65. The maximum atomic E-state index is 11.3. The highest BCUT2D eigenvalue weighted by atomic mass is 16.1. The van der Waals surface area contributed by atoms with Crippen molar-refractivity contribution in [1.29, 1.82) is 0 Å². The molecule has 0 spiro atoms. The van der Waals surface area contributed by atoms with Crippen molar-refractivity contribution in [1.82, 2.24) is 15.3 Å². The molecule has 0 atom stereocenters. The summed E-state index contributed by atoms with van der Waals surface area (Å²) >= 11 is 0. The Morgan fingerprint density at radius 1 is 1.20 bits per heavy atom. The van der Waals surface area contributed by atoms with Crippen LogP contribution < -0.4 is 10.6 Å². The van der Waals surface area contributed by atoms with Crippen LogP contribution in [0.15, 0.2) is 36.5 Å². The van der Waals surface area contributed by atoms with Gasteiger partial charge in [0.2, 0.25) is 5.91 Å². The van der Waals surface area contributed by atoms with Crippen LogP contribution in [0.25, 0.3) is 0 Å². The van der Waals surface area contributed by atoms with Gasteiger partial charge in [-0.15, -0.1) is 0 Å². The van der Waals surface area contributed by atoms with E-state index in [9.17, 15) is 4.79 Å². The average Bonchev–Trinajstić information content (AvgIpc) is 2.46. The first-order valence-corrected chi connectivity index (χ1v) is 6.49. The van der Waals surface area contributed by atoms with E-state index < -0.39 is 0 Å². The first-order chi connectivity index (χ1) is 9.67. The first kappa shape index (κ1) is 14.0. The van der Waals surface area contributed by atoms with Crippen molar-refractivity contribution in [2.45, 2.75) is 19.9 Å². The Morgan fingerprint density at radius 3 is 2.60 bits per heavy atom. The molecule has 1 aromatic heterocycles. The van der Waals surface area contributed by atoms with Crippen LogP contribution in [0, 0.1) is 6.92 Å². The van der Waals surface area contributed by atoms with E-state index in [1.165, 1.54) is 0 Å². The lowest BCUT2D eigenvalue weighted by atomic mass is 10.1. The normalized spacial score (nSPS) is 10.1. The molecule has 0 bridgehead atoms. The third kappa shape index (κ3) is 4.05. The second-order valence-electron chi connectivity index (χ2n) is 4.50. The number of nitrogens with zero attached hydrogens (tertiary/aromatic N) is 2. The second-order valence-corrected chi connectivity index (χ2v) is 4.50. The zero-order valence-corrected chi connectivity index (χ0v) is 11.7. The molecular weight excluding hydrogens is 252 g/mol. The Morgan fingerprint density at radius 2 is 1.95 bits per heavy atom. The summed E-state index contributed by atoms with van der Waals surface area (Å²) in [5, 5.41) is 5.90. The summed E-state index contributed by atoms with van der Waals surface area (Å²) in [4.78, 5) is 19.7. The number of rotatable bonds is 5. The number of anilines is 1. The molecule has 5 heteroatoms. The SMILES string of the molecule is CNC(=O)Cc1ccc(NCc2ccnc(C)n2)cc1. The summed E-state index contributed by atoms with van der Waals surface area (Å²) in [6.45, 7) is 2.52. The third-order valence-electron chi connectivity index (χ3n) is 2.90. The molecule has 0 fully saturated rings. The fourth-order valence-electron chi connectivity index (χ4n) is 1.81. The maximum absolute atomic E-state index is 11.3. The summed E-state index contributed by atoms with van der Waals surface area (Å²) in [6, 6.07) is 9.71. The van der Waals surface area contributed by atoms with Gasteiger partial charge in [-0.3, -0.25) is 4.79 Å². The molecule has 104 valence electrons. The molecule has 1 aromatic carbocycles. The van der Waals surface area contributed by atoms with Crippen LogP contribution >= 0.6 is 0 Å². The predicted octanol–water partition coefficient (Wildman–Crippen LogP) is 1.69. The Balaban J connectivity index is 1.92. The minimum absolute atomic E-state index is 0.0159. The fraction of sp³-hybridized carbons (Fsp3) is 0.267. The third-order valence-corrected chi connectivity index (χ3v) is 2.90. The number of likely N-dealkylation sites (N-methyl/N-ethyl adjacent to an activating group) is 1. The molecule has 20 heavy (non-hydrogen) atoms. The number of carbonyl (C=O) groups is 1. The molecule has 0 saturated heterocycles. The van der Waals surface area contributed by atoms with E-state index in [0.29, 0.717) is 13.0 Å². The van der Waals surface area contributed by atoms with Crippen molar-refractivity contribution in [3.8, 4) is 0 Å². The number of benzene rings is 1. The van der Waals surface area contributed by atoms with Gasteiger partial charge >= 0.3 is 0 Å². The molecule has 5 nitrogen and oxygen atoms in total. The van der Waals surface area contributed by atoms with E-state index in [2.05, 4.69) is 20.6 Å². The molecule has 1 amide bonds. The topological polar surface area (TPSA) is 66.9 Å². The minimum atomic E-state index is 0.0159. The van der Waals surface area contributed by atoms with Crippen LogP contribution in [0.2, 0.25) is 0 Å². The highest BCUT2D eigenvalue weighted by Crippen LogP contribution is 2.11. The van der Waals surface area contributed by atoms with Crippen molar-refractivity contribution in [3.63, 3.8) is 0 Å². The van der Waals surface area contributed by atoms with Gasteiger partial charge in [-0.1, -0.05) is 12.1 Å². The van der Waals surface area contributed by atoms with Crippen molar-refractivity contribution in [3.05, 3.63) is 53.6 Å². The fourth-order valence-corrected chi connectivity index (χ4v) is 1.81. The molecule has 1 heterocycles. The van der Waals surface area contributed by atoms with Gasteiger partial charge in [0.05, 0.1) is 18.7 Å². The molecule has 2 rings (SSSR count). The highest BCUT2D eigenvalue weighted by molar-refractivity contribution is 5.78. The standard InChI is InChI=1S/C15H18N4O/c1-11-17-8-7-14(19-11)10-18-13-5-3-12(4-6-13)9-15(20)16-2/h3-8,18H,9-10H2,1-2H3,(H,16,20). The van der Waals surface area contributed by atoms with E-state index in [-0.39, 0.29) is 5.91 Å². The Bertz CT molecular complexity index is 581. The molecule has 0 aliphatic rings. The molecule has 0 aliphatic heterocycles. The van der Waals surface area contributed by atoms with Gasteiger partial charge in [0.1, 0.15) is 5.82 Å². The van der Waals surface area contributed by atoms with Crippen molar-refractivity contribution in [2.75, 3.05) is 12.4 Å². The minimum Gasteiger partial charge on any atom is -0.379 e. The average molecular weight is 270 g/mol. The van der Waals surface area contributed by atoms with Gasteiger partial charge in [-0.05, 0) is 30.7 Å². The van der Waals surface area contributed by atoms with Crippen LogP contribution in [0.4, 0.5) is 5.69 Å². The lowest BCUT2D eigenvalue weighted by molar-refractivity contribution is -0.119. The zero-order chi connectivity index (χ0) is 14.4. The molecular formula is C15H18N4O. The Labute approximate surface area is 118 Å². The molecule has 0 radical (unpaired) electrons. The van der Waals surface area contributed by atoms with Crippen LogP contribution in [-0.2, 0) is 17.8 Å². The van der Waals surface area contributed by atoms with Crippen molar-refractivity contribution < 1.29 is 4.79 Å². The number of hydrogen-bond acceptors (Lipinski definition) is 4. The van der Waals surface area contributed by atoms with Gasteiger partial charge in [0.25, 0.3) is 0 Å². The van der Waals surface area contributed by atoms with Crippen molar-refractivity contribution >= 4 is 11.6 Å². The van der Waals surface area contributed by atoms with E-state index in [1.54, 1.807) is 13.2 Å². The van der Waals surface area contributed by atoms with E-state index in [1.807, 2.05) is 37.3 Å². The number of hydrogen-bond donors (Lipinski definition) is 2. The smallest absolute Gasteiger partial charge is 0.224 e. The van der Waals surface area contributed by atoms with Crippen molar-refractivity contribution in [2.24, 2.45) is 0 Å². The van der Waals surface area contributed by atoms with Gasteiger partial charge < -0.3 is 10.6 Å². The summed E-state index contributed by atoms with van der Waals surface area (Å²) in [5.41, 5.74) is 2.95. The molecule has 2 N–H and O–H groups in total. The number of amides is 1. The summed E-state index contributed by atoms with van der Waals surface area (Å²) < 4.78 is 0. The molecule has 0 saturated carbocycles. The Hall–Kier alpha value is -2.43. The maximum Gasteiger partial charge on any atom is 0.224 e. The number of aryl methyl sites for hydroxylation is 1. The summed E-state index contributed by atoms with van der Waals surface area (Å²) in [7, 11) is 1.64. The largest absolute Gasteiger partial charge is 0.379 e. The second kappa shape index (κ2) is 6.65. The van der Waals surface area contributed by atoms with Crippen LogP contribution in [0.5, 0.6) is 0 Å². The number of aromatic nitrogens is 2. The predicted molar refractivity (Wildman–Crippen MR) is 78.3 cm³/mol. The van der Waals surface area contributed by atoms with Crippen LogP contribution in [-0.4, -0.2) is 22.9 Å². The van der Waals surface area contributed by atoms with Gasteiger partial charge in [0.15, 0.2) is 0 Å². The highest BCUT2D eigenvalue weighted by Gasteiger charge is 2.01. The van der Waals surface area contributed by atoms with Gasteiger partial charge in [0, 0.05) is 18.9 Å². The number of nitrogens with one attached hydrogen (secondary N) is 2. The van der Waals surface area contributed by atoms with Gasteiger partial charge in [-0.25, -0.2) is 9.97 Å². The lowest BCUT2D eigenvalue weighted by Gasteiger charge is -2.07. The number of carbonyl (C=O) groups excluding carboxylic acids is 1. The van der Waals surface area contributed by atoms with E-state index in [4.69, 9.17) is 0 Å². The molecule has 0 aliphatic carbocycles. The summed E-state index contributed by atoms with van der Waals surface area (Å²) in [5.74, 6) is 0.785. The molecule has 2 aromatic rings. The quantitative estimate of drug-likeness (QED) is 0.867. The van der Waals surface area contributed by atoms with E-state index in [0.717, 1.165) is 22.8 Å². The van der Waals surface area contributed by atoms with E-state index >= 15 is 0 Å². The summed E-state index contributed by atoms with van der Waals surface area (Å²) in [6.07, 6.45) is 2.16. The van der Waals surface area contributed by atoms with Crippen LogP contribution in [0.3, 0.4) is 0 Å².